The Hall–Kier alpha value is -1.96. The van der Waals surface area contributed by atoms with Gasteiger partial charge in [-0.2, -0.15) is 0 Å². The van der Waals surface area contributed by atoms with E-state index in [4.69, 9.17) is 11.6 Å². The molecule has 1 amide bonds. The third-order valence-electron chi connectivity index (χ3n) is 3.61. The second-order valence-electron chi connectivity index (χ2n) is 5.53. The Kier molecular flexibility index (Phi) is 5.67. The van der Waals surface area contributed by atoms with Crippen LogP contribution < -0.4 is 10.2 Å². The Labute approximate surface area is 157 Å². The Morgan fingerprint density at radius 1 is 1.40 bits per heavy atom. The molecule has 25 heavy (non-hydrogen) atoms. The summed E-state index contributed by atoms with van der Waals surface area (Å²) in [6.07, 6.45) is 2.72. The van der Waals surface area contributed by atoms with Crippen molar-refractivity contribution >= 4 is 45.3 Å². The van der Waals surface area contributed by atoms with Crippen LogP contribution in [0, 0.1) is 6.92 Å². The standard InChI is InChI=1S/C17H16ClN3O2S2/c1-11-10-24-17(23)21(11)6-5-15(22)20-16-19-9-14(25-16)8-12-3-2-4-13(18)7-12/h2-4,7,9-10H,5-6,8H2,1H3,(H,19,20,22). The summed E-state index contributed by atoms with van der Waals surface area (Å²) in [7, 11) is 0. The molecule has 1 N–H and O–H groups in total. The van der Waals surface area contributed by atoms with Crippen LogP contribution in [0.25, 0.3) is 0 Å². The number of carbonyl (C=O) groups is 1. The maximum Gasteiger partial charge on any atom is 0.307 e. The topological polar surface area (TPSA) is 64.0 Å². The number of aromatic nitrogens is 2. The average molecular weight is 394 g/mol. The van der Waals surface area contributed by atoms with Crippen molar-refractivity contribution in [3.05, 3.63) is 66.7 Å². The Morgan fingerprint density at radius 2 is 2.24 bits per heavy atom. The van der Waals surface area contributed by atoms with E-state index in [0.717, 1.165) is 33.9 Å². The van der Waals surface area contributed by atoms with Gasteiger partial charge in [0.15, 0.2) is 5.13 Å². The van der Waals surface area contributed by atoms with Gasteiger partial charge >= 0.3 is 4.87 Å². The highest BCUT2D eigenvalue weighted by Crippen LogP contribution is 2.22. The Bertz CT molecular complexity index is 945. The summed E-state index contributed by atoms with van der Waals surface area (Å²) in [6, 6.07) is 7.67. The van der Waals surface area contributed by atoms with Crippen molar-refractivity contribution in [2.45, 2.75) is 26.3 Å². The number of amides is 1. The number of hydrogen-bond acceptors (Lipinski definition) is 5. The molecule has 8 heteroatoms. The van der Waals surface area contributed by atoms with Gasteiger partial charge in [-0.25, -0.2) is 4.98 Å². The van der Waals surface area contributed by atoms with Crippen LogP contribution >= 0.6 is 34.3 Å². The highest BCUT2D eigenvalue weighted by atomic mass is 35.5. The van der Waals surface area contributed by atoms with Crippen LogP contribution in [0.5, 0.6) is 0 Å². The monoisotopic (exact) mass is 393 g/mol. The summed E-state index contributed by atoms with van der Waals surface area (Å²) in [6.45, 7) is 2.24. The van der Waals surface area contributed by atoms with Crippen LogP contribution in [-0.2, 0) is 17.8 Å². The predicted octanol–water partition coefficient (Wildman–Crippen LogP) is 3.95. The number of rotatable bonds is 6. The molecule has 5 nitrogen and oxygen atoms in total. The fourth-order valence-corrected chi connectivity index (χ4v) is 4.20. The molecule has 0 fully saturated rings. The van der Waals surface area contributed by atoms with Gasteiger partial charge in [0.25, 0.3) is 0 Å². The maximum absolute atomic E-state index is 12.1. The van der Waals surface area contributed by atoms with Crippen molar-refractivity contribution in [2.75, 3.05) is 5.32 Å². The summed E-state index contributed by atoms with van der Waals surface area (Å²) in [5.41, 5.74) is 1.97. The first-order valence-electron chi connectivity index (χ1n) is 7.65. The van der Waals surface area contributed by atoms with E-state index in [1.807, 2.05) is 31.2 Å². The SMILES string of the molecule is Cc1csc(=O)n1CCC(=O)Nc1ncc(Cc2cccc(Cl)c2)s1. The second kappa shape index (κ2) is 7.95. The zero-order valence-corrected chi connectivity index (χ0v) is 15.9. The minimum atomic E-state index is -0.152. The Balaban J connectivity index is 1.56. The summed E-state index contributed by atoms with van der Waals surface area (Å²) in [4.78, 5) is 29.0. The lowest BCUT2D eigenvalue weighted by Gasteiger charge is -2.04. The average Bonchev–Trinajstić information content (AvgIpc) is 3.12. The lowest BCUT2D eigenvalue weighted by atomic mass is 10.1. The zero-order chi connectivity index (χ0) is 17.8. The first-order valence-corrected chi connectivity index (χ1v) is 9.72. The molecule has 3 aromatic rings. The molecule has 0 bridgehead atoms. The van der Waals surface area contributed by atoms with E-state index in [2.05, 4.69) is 10.3 Å². The molecule has 0 spiro atoms. The van der Waals surface area contributed by atoms with Crippen molar-refractivity contribution < 1.29 is 4.79 Å². The van der Waals surface area contributed by atoms with E-state index in [1.54, 1.807) is 16.1 Å². The number of halogens is 1. The minimum Gasteiger partial charge on any atom is -0.303 e. The van der Waals surface area contributed by atoms with Gasteiger partial charge in [-0.3, -0.25) is 9.59 Å². The van der Waals surface area contributed by atoms with Gasteiger partial charge < -0.3 is 9.88 Å². The van der Waals surface area contributed by atoms with Gasteiger partial charge in [-0.1, -0.05) is 35.1 Å². The number of benzene rings is 1. The van der Waals surface area contributed by atoms with Crippen molar-refractivity contribution in [3.63, 3.8) is 0 Å². The van der Waals surface area contributed by atoms with Gasteiger partial charge in [0.1, 0.15) is 0 Å². The van der Waals surface area contributed by atoms with Crippen LogP contribution in [0.2, 0.25) is 5.02 Å². The lowest BCUT2D eigenvalue weighted by Crippen LogP contribution is -2.20. The highest BCUT2D eigenvalue weighted by molar-refractivity contribution is 7.15. The molecule has 2 aromatic heterocycles. The van der Waals surface area contributed by atoms with Crippen molar-refractivity contribution in [1.82, 2.24) is 9.55 Å². The largest absolute Gasteiger partial charge is 0.307 e. The van der Waals surface area contributed by atoms with Gasteiger partial charge in [-0.05, 0) is 24.6 Å². The van der Waals surface area contributed by atoms with Crippen molar-refractivity contribution in [3.8, 4) is 0 Å². The van der Waals surface area contributed by atoms with E-state index >= 15 is 0 Å². The molecule has 0 aliphatic heterocycles. The van der Waals surface area contributed by atoms with E-state index in [-0.39, 0.29) is 17.2 Å². The van der Waals surface area contributed by atoms with Crippen molar-refractivity contribution in [1.29, 1.82) is 0 Å². The maximum atomic E-state index is 12.1. The first kappa shape index (κ1) is 17.8. The molecular weight excluding hydrogens is 378 g/mol. The summed E-state index contributed by atoms with van der Waals surface area (Å²) < 4.78 is 1.61. The minimum absolute atomic E-state index is 0.0386. The molecule has 0 unspecified atom stereocenters. The molecule has 2 heterocycles. The summed E-state index contributed by atoms with van der Waals surface area (Å²) >= 11 is 8.58. The van der Waals surface area contributed by atoms with Crippen LogP contribution in [0.4, 0.5) is 5.13 Å². The quantitative estimate of drug-likeness (QED) is 0.689. The molecule has 130 valence electrons. The number of thiazole rings is 2. The highest BCUT2D eigenvalue weighted by Gasteiger charge is 2.09. The number of carbonyl (C=O) groups excluding carboxylic acids is 1. The van der Waals surface area contributed by atoms with Gasteiger partial charge in [0, 0.05) is 46.6 Å². The lowest BCUT2D eigenvalue weighted by molar-refractivity contribution is -0.116. The number of aryl methyl sites for hydroxylation is 1. The number of anilines is 1. The zero-order valence-electron chi connectivity index (χ0n) is 13.5. The fourth-order valence-electron chi connectivity index (χ4n) is 2.36. The molecule has 1 aromatic carbocycles. The van der Waals surface area contributed by atoms with Crippen LogP contribution in [0.3, 0.4) is 0 Å². The molecule has 3 rings (SSSR count). The summed E-state index contributed by atoms with van der Waals surface area (Å²) in [5, 5.41) is 5.86. The first-order chi connectivity index (χ1) is 12.0. The number of hydrogen-bond donors (Lipinski definition) is 1. The third kappa shape index (κ3) is 4.78. The smallest absolute Gasteiger partial charge is 0.303 e. The molecule has 0 saturated heterocycles. The van der Waals surface area contributed by atoms with E-state index < -0.39 is 0 Å². The molecule has 0 radical (unpaired) electrons. The number of nitrogens with zero attached hydrogens (tertiary/aromatic N) is 2. The second-order valence-corrected chi connectivity index (χ2v) is 7.90. The van der Waals surface area contributed by atoms with Crippen LogP contribution in [0.15, 0.2) is 40.6 Å². The molecule has 0 aliphatic rings. The molecule has 0 atom stereocenters. The fraction of sp³-hybridized carbons (Fsp3) is 0.235. The number of nitrogens with one attached hydrogen (secondary N) is 1. The van der Waals surface area contributed by atoms with Gasteiger partial charge in [0.05, 0.1) is 0 Å². The van der Waals surface area contributed by atoms with Gasteiger partial charge in [0.2, 0.25) is 5.91 Å². The third-order valence-corrected chi connectivity index (χ3v) is 5.64. The normalized spacial score (nSPS) is 10.8. The molecular formula is C17H16ClN3O2S2. The van der Waals surface area contributed by atoms with Crippen LogP contribution in [0.1, 0.15) is 22.6 Å². The van der Waals surface area contributed by atoms with Crippen LogP contribution in [-0.4, -0.2) is 15.5 Å². The van der Waals surface area contributed by atoms with E-state index in [9.17, 15) is 9.59 Å². The van der Waals surface area contributed by atoms with E-state index in [1.165, 1.54) is 11.3 Å². The Morgan fingerprint density at radius 3 is 2.96 bits per heavy atom. The van der Waals surface area contributed by atoms with Gasteiger partial charge in [-0.15, -0.1) is 11.3 Å². The van der Waals surface area contributed by atoms with E-state index in [0.29, 0.717) is 16.7 Å². The molecule has 0 saturated carbocycles. The van der Waals surface area contributed by atoms with Crippen molar-refractivity contribution in [2.24, 2.45) is 0 Å². The summed E-state index contributed by atoms with van der Waals surface area (Å²) in [5.74, 6) is -0.152. The predicted molar refractivity (Wildman–Crippen MR) is 103 cm³/mol. The molecule has 0 aliphatic carbocycles.